The number of rotatable bonds is 4. The lowest BCUT2D eigenvalue weighted by Gasteiger charge is -2.16. The van der Waals surface area contributed by atoms with Crippen molar-refractivity contribution in [1.29, 1.82) is 0 Å². The predicted molar refractivity (Wildman–Crippen MR) is 88.4 cm³/mol. The van der Waals surface area contributed by atoms with Crippen molar-refractivity contribution >= 4 is 28.5 Å². The fourth-order valence-corrected chi connectivity index (χ4v) is 2.34. The molecule has 0 bridgehead atoms. The zero-order valence-corrected chi connectivity index (χ0v) is 12.7. The summed E-state index contributed by atoms with van der Waals surface area (Å²) in [5, 5.41) is 0.779. The first-order chi connectivity index (χ1) is 11.2. The maximum absolute atomic E-state index is 12.2. The third-order valence-electron chi connectivity index (χ3n) is 3.65. The number of hydrogen-bond donors (Lipinski definition) is 1. The molecule has 23 heavy (non-hydrogen) atoms. The molecule has 0 unspecified atom stereocenters. The third-order valence-corrected chi connectivity index (χ3v) is 3.65. The molecule has 3 aromatic rings. The van der Waals surface area contributed by atoms with Gasteiger partial charge in [-0.3, -0.25) is 4.79 Å². The van der Waals surface area contributed by atoms with Crippen LogP contribution in [0.5, 0.6) is 0 Å². The molecule has 5 heteroatoms. The summed E-state index contributed by atoms with van der Waals surface area (Å²) in [7, 11) is 1.65. The zero-order chi connectivity index (χ0) is 16.2. The first kappa shape index (κ1) is 14.8. The molecule has 0 aliphatic heterocycles. The summed E-state index contributed by atoms with van der Waals surface area (Å²) in [5.74, 6) is -0.804. The maximum atomic E-state index is 12.2. The summed E-state index contributed by atoms with van der Waals surface area (Å²) < 4.78 is 5.15. The number of amides is 1. The van der Waals surface area contributed by atoms with E-state index in [0.29, 0.717) is 5.56 Å². The summed E-state index contributed by atoms with van der Waals surface area (Å²) in [4.78, 5) is 28.8. The second kappa shape index (κ2) is 6.36. The largest absolute Gasteiger partial charge is 0.452 e. The second-order valence-corrected chi connectivity index (χ2v) is 5.11. The Balaban J connectivity index is 1.66. The topological polar surface area (TPSA) is 62.4 Å². The van der Waals surface area contributed by atoms with Gasteiger partial charge in [0.15, 0.2) is 6.61 Å². The molecule has 0 saturated carbocycles. The summed E-state index contributed by atoms with van der Waals surface area (Å²) in [6.45, 7) is -0.302. The number of ether oxygens (including phenoxy) is 1. The van der Waals surface area contributed by atoms with Crippen molar-refractivity contribution in [3.8, 4) is 0 Å². The van der Waals surface area contributed by atoms with Crippen LogP contribution in [-0.2, 0) is 9.53 Å². The van der Waals surface area contributed by atoms with E-state index >= 15 is 0 Å². The van der Waals surface area contributed by atoms with Crippen LogP contribution in [0.4, 0.5) is 5.69 Å². The number of esters is 1. The molecule has 0 fully saturated rings. The Morgan fingerprint density at radius 2 is 1.74 bits per heavy atom. The van der Waals surface area contributed by atoms with Crippen molar-refractivity contribution in [2.75, 3.05) is 18.6 Å². The average molecular weight is 308 g/mol. The highest BCUT2D eigenvalue weighted by Crippen LogP contribution is 2.18. The normalized spacial score (nSPS) is 10.5. The average Bonchev–Trinajstić information content (AvgIpc) is 3.03. The molecule has 1 aromatic heterocycles. The Labute approximate surface area is 133 Å². The van der Waals surface area contributed by atoms with Crippen LogP contribution in [-0.4, -0.2) is 30.5 Å². The Hall–Kier alpha value is -3.08. The van der Waals surface area contributed by atoms with Crippen molar-refractivity contribution in [2.45, 2.75) is 0 Å². The number of hydrogen-bond acceptors (Lipinski definition) is 3. The lowest BCUT2D eigenvalue weighted by molar-refractivity contribution is -0.121. The first-order valence-electron chi connectivity index (χ1n) is 7.21. The fourth-order valence-electron chi connectivity index (χ4n) is 2.34. The van der Waals surface area contributed by atoms with Gasteiger partial charge in [0.05, 0.1) is 5.56 Å². The fraction of sp³-hybridized carbons (Fsp3) is 0.111. The van der Waals surface area contributed by atoms with Crippen molar-refractivity contribution in [3.05, 3.63) is 66.4 Å². The lowest BCUT2D eigenvalue weighted by Crippen LogP contribution is -2.31. The molecule has 3 rings (SSSR count). The standard InChI is InChI=1S/C18H16N2O3/c1-20(13-7-3-2-4-8-13)17(21)12-23-18(22)15-11-19-16-10-6-5-9-14(15)16/h2-11,19H,12H2,1H3. The minimum atomic E-state index is -0.516. The molecule has 116 valence electrons. The molecule has 0 aliphatic rings. The second-order valence-electron chi connectivity index (χ2n) is 5.11. The van der Waals surface area contributed by atoms with Gasteiger partial charge in [-0.2, -0.15) is 0 Å². The van der Waals surface area contributed by atoms with Crippen molar-refractivity contribution < 1.29 is 14.3 Å². The highest BCUT2D eigenvalue weighted by atomic mass is 16.5. The van der Waals surface area contributed by atoms with Crippen LogP contribution < -0.4 is 4.90 Å². The summed E-state index contributed by atoms with van der Waals surface area (Å²) in [5.41, 5.74) is 2.03. The molecule has 0 aliphatic carbocycles. The molecule has 2 aromatic carbocycles. The van der Waals surface area contributed by atoms with Crippen LogP contribution in [0.25, 0.3) is 10.9 Å². The van der Waals surface area contributed by atoms with Gasteiger partial charge in [-0.15, -0.1) is 0 Å². The maximum Gasteiger partial charge on any atom is 0.340 e. The van der Waals surface area contributed by atoms with E-state index in [-0.39, 0.29) is 12.5 Å². The Morgan fingerprint density at radius 1 is 1.04 bits per heavy atom. The van der Waals surface area contributed by atoms with Crippen LogP contribution in [0.3, 0.4) is 0 Å². The van der Waals surface area contributed by atoms with Crippen LogP contribution in [0.2, 0.25) is 0 Å². The molecule has 0 saturated heterocycles. The highest BCUT2D eigenvalue weighted by molar-refractivity contribution is 6.05. The Bertz CT molecular complexity index is 840. The van der Waals surface area contributed by atoms with Gasteiger partial charge >= 0.3 is 5.97 Å². The summed E-state index contributed by atoms with van der Waals surface area (Å²) in [6, 6.07) is 16.6. The number of para-hydroxylation sites is 2. The number of fused-ring (bicyclic) bond motifs is 1. The monoisotopic (exact) mass is 308 g/mol. The van der Waals surface area contributed by atoms with Gasteiger partial charge in [-0.05, 0) is 18.2 Å². The number of anilines is 1. The number of nitrogens with zero attached hydrogens (tertiary/aromatic N) is 1. The summed E-state index contributed by atoms with van der Waals surface area (Å²) >= 11 is 0. The number of benzene rings is 2. The van der Waals surface area contributed by atoms with Crippen LogP contribution in [0, 0.1) is 0 Å². The van der Waals surface area contributed by atoms with Crippen molar-refractivity contribution in [2.24, 2.45) is 0 Å². The molecule has 0 radical (unpaired) electrons. The van der Waals surface area contributed by atoms with E-state index in [0.717, 1.165) is 16.6 Å². The molecular formula is C18H16N2O3. The number of carbonyl (C=O) groups is 2. The number of H-pyrrole nitrogens is 1. The molecular weight excluding hydrogens is 292 g/mol. The highest BCUT2D eigenvalue weighted by Gasteiger charge is 2.17. The number of aromatic nitrogens is 1. The van der Waals surface area contributed by atoms with E-state index in [1.54, 1.807) is 13.2 Å². The SMILES string of the molecule is CN(C(=O)COC(=O)c1c[nH]c2ccccc12)c1ccccc1. The van der Waals surface area contributed by atoms with Crippen LogP contribution >= 0.6 is 0 Å². The molecule has 5 nitrogen and oxygen atoms in total. The number of likely N-dealkylation sites (N-methyl/N-ethyl adjacent to an activating group) is 1. The van der Waals surface area contributed by atoms with Crippen LogP contribution in [0.15, 0.2) is 60.8 Å². The van der Waals surface area contributed by atoms with E-state index in [1.807, 2.05) is 54.6 Å². The quantitative estimate of drug-likeness (QED) is 0.754. The first-order valence-corrected chi connectivity index (χ1v) is 7.21. The van der Waals surface area contributed by atoms with Crippen molar-refractivity contribution in [1.82, 2.24) is 4.98 Å². The van der Waals surface area contributed by atoms with Gasteiger partial charge in [0.25, 0.3) is 5.91 Å². The van der Waals surface area contributed by atoms with Gasteiger partial charge < -0.3 is 14.6 Å². The minimum Gasteiger partial charge on any atom is -0.452 e. The Kier molecular flexibility index (Phi) is 4.10. The molecule has 0 spiro atoms. The van der Waals surface area contributed by atoms with E-state index < -0.39 is 5.97 Å². The number of aromatic amines is 1. The van der Waals surface area contributed by atoms with E-state index in [9.17, 15) is 9.59 Å². The smallest absolute Gasteiger partial charge is 0.340 e. The molecule has 0 atom stereocenters. The van der Waals surface area contributed by atoms with Gasteiger partial charge in [0.2, 0.25) is 0 Å². The van der Waals surface area contributed by atoms with Crippen molar-refractivity contribution in [3.63, 3.8) is 0 Å². The van der Waals surface area contributed by atoms with E-state index in [2.05, 4.69) is 4.98 Å². The van der Waals surface area contributed by atoms with E-state index in [4.69, 9.17) is 4.74 Å². The zero-order valence-electron chi connectivity index (χ0n) is 12.7. The minimum absolute atomic E-state index is 0.288. The van der Waals surface area contributed by atoms with Gasteiger partial charge in [-0.1, -0.05) is 36.4 Å². The summed E-state index contributed by atoms with van der Waals surface area (Å²) in [6.07, 6.45) is 1.60. The number of nitrogens with one attached hydrogen (secondary N) is 1. The predicted octanol–water partition coefficient (Wildman–Crippen LogP) is 2.99. The Morgan fingerprint density at radius 3 is 2.52 bits per heavy atom. The van der Waals surface area contributed by atoms with Gasteiger partial charge in [-0.25, -0.2) is 4.79 Å². The lowest BCUT2D eigenvalue weighted by atomic mass is 10.2. The van der Waals surface area contributed by atoms with Crippen LogP contribution in [0.1, 0.15) is 10.4 Å². The molecule has 1 heterocycles. The van der Waals surface area contributed by atoms with Gasteiger partial charge in [0.1, 0.15) is 0 Å². The molecule has 1 N–H and O–H groups in total. The van der Waals surface area contributed by atoms with E-state index in [1.165, 1.54) is 4.90 Å². The van der Waals surface area contributed by atoms with Gasteiger partial charge in [0, 0.05) is 29.8 Å². The molecule has 1 amide bonds. The third kappa shape index (κ3) is 3.08. The number of carbonyl (C=O) groups excluding carboxylic acids is 2.